The number of carbonyl (C=O) groups excluding carboxylic acids is 2. The zero-order valence-electron chi connectivity index (χ0n) is 11.3. The number of esters is 1. The first kappa shape index (κ1) is 16.4. The van der Waals surface area contributed by atoms with Gasteiger partial charge in [-0.05, 0) is 12.3 Å². The van der Waals surface area contributed by atoms with Crippen LogP contribution in [0.5, 0.6) is 0 Å². The van der Waals surface area contributed by atoms with E-state index in [1.807, 2.05) is 0 Å². The Kier molecular flexibility index (Phi) is 6.36. The molecule has 1 atom stereocenters. The van der Waals surface area contributed by atoms with Crippen molar-refractivity contribution in [1.29, 1.82) is 0 Å². The Balaban J connectivity index is 4.28. The number of nitrogens with one attached hydrogen (secondary N) is 1. The van der Waals surface area contributed by atoms with Crippen LogP contribution < -0.4 is 5.32 Å². The first-order valence-electron chi connectivity index (χ1n) is 5.86. The summed E-state index contributed by atoms with van der Waals surface area (Å²) in [6, 6.07) is -0.979. The minimum absolute atomic E-state index is 0.0455. The average Bonchev–Trinajstić information content (AvgIpc) is 2.21. The van der Waals surface area contributed by atoms with Gasteiger partial charge in [-0.15, -0.1) is 0 Å². The highest BCUT2D eigenvalue weighted by molar-refractivity contribution is 5.86. The molecule has 0 heterocycles. The number of hydrogen-bond acceptors (Lipinski definition) is 4. The maximum Gasteiger partial charge on any atom is 0.326 e. The molecule has 0 aromatic carbocycles. The van der Waals surface area contributed by atoms with Gasteiger partial charge < -0.3 is 15.2 Å². The summed E-state index contributed by atoms with van der Waals surface area (Å²) in [5.41, 5.74) is -0.592. The molecule has 0 aromatic rings. The third kappa shape index (κ3) is 6.22. The lowest BCUT2D eigenvalue weighted by Crippen LogP contribution is -2.49. The lowest BCUT2D eigenvalue weighted by Gasteiger charge is -2.27. The van der Waals surface area contributed by atoms with Gasteiger partial charge in [-0.25, -0.2) is 4.79 Å². The highest BCUT2D eigenvalue weighted by Gasteiger charge is 2.32. The number of ether oxygens (including phenoxy) is 1. The molecule has 0 aliphatic heterocycles. The summed E-state index contributed by atoms with van der Waals surface area (Å²) in [7, 11) is 0. The van der Waals surface area contributed by atoms with Crippen molar-refractivity contribution in [3.63, 3.8) is 0 Å². The first-order valence-corrected chi connectivity index (χ1v) is 5.86. The zero-order chi connectivity index (χ0) is 14.3. The van der Waals surface area contributed by atoms with Crippen molar-refractivity contribution in [2.45, 2.75) is 46.6 Å². The molecule has 2 N–H and O–H groups in total. The predicted octanol–water partition coefficient (Wildman–Crippen LogP) is 0.945. The van der Waals surface area contributed by atoms with E-state index in [0.717, 1.165) is 0 Å². The molecule has 104 valence electrons. The van der Waals surface area contributed by atoms with Gasteiger partial charge in [-0.1, -0.05) is 20.8 Å². The molecule has 6 heteroatoms. The van der Waals surface area contributed by atoms with Gasteiger partial charge in [0.1, 0.15) is 6.04 Å². The van der Waals surface area contributed by atoms with Crippen LogP contribution in [-0.4, -0.2) is 35.6 Å². The normalized spacial score (nSPS) is 12.7. The van der Waals surface area contributed by atoms with E-state index in [9.17, 15) is 14.4 Å². The van der Waals surface area contributed by atoms with Crippen molar-refractivity contribution in [3.8, 4) is 0 Å². The van der Waals surface area contributed by atoms with E-state index in [1.165, 1.54) is 0 Å². The SMILES string of the molecule is CCOC(=O)CCC(=O)N[C@@H](C(=O)O)C(C)(C)C. The maximum atomic E-state index is 11.5. The number of carboxylic acids is 1. The Hall–Kier alpha value is -1.59. The molecule has 0 aliphatic carbocycles. The van der Waals surface area contributed by atoms with E-state index in [0.29, 0.717) is 0 Å². The first-order chi connectivity index (χ1) is 8.18. The van der Waals surface area contributed by atoms with Crippen molar-refractivity contribution < 1.29 is 24.2 Å². The van der Waals surface area contributed by atoms with E-state index < -0.39 is 29.3 Å². The summed E-state index contributed by atoms with van der Waals surface area (Å²) < 4.78 is 4.68. The molecule has 18 heavy (non-hydrogen) atoms. The van der Waals surface area contributed by atoms with Gasteiger partial charge in [0, 0.05) is 6.42 Å². The Morgan fingerprint density at radius 3 is 2.17 bits per heavy atom. The van der Waals surface area contributed by atoms with Gasteiger partial charge in [-0.2, -0.15) is 0 Å². The van der Waals surface area contributed by atoms with E-state index in [-0.39, 0.29) is 19.4 Å². The molecular formula is C12H21NO5. The zero-order valence-corrected chi connectivity index (χ0v) is 11.3. The summed E-state index contributed by atoms with van der Waals surface area (Å²) >= 11 is 0. The summed E-state index contributed by atoms with van der Waals surface area (Å²) in [4.78, 5) is 33.6. The molecule has 0 fully saturated rings. The highest BCUT2D eigenvalue weighted by atomic mass is 16.5. The van der Waals surface area contributed by atoms with Crippen molar-refractivity contribution in [2.75, 3.05) is 6.61 Å². The monoisotopic (exact) mass is 259 g/mol. The van der Waals surface area contributed by atoms with Crippen LogP contribution in [0, 0.1) is 5.41 Å². The van der Waals surface area contributed by atoms with E-state index in [4.69, 9.17) is 5.11 Å². The number of hydrogen-bond donors (Lipinski definition) is 2. The minimum Gasteiger partial charge on any atom is -0.480 e. The van der Waals surface area contributed by atoms with Gasteiger partial charge in [0.25, 0.3) is 0 Å². The van der Waals surface area contributed by atoms with Crippen LogP contribution in [0.1, 0.15) is 40.5 Å². The smallest absolute Gasteiger partial charge is 0.326 e. The number of aliphatic carboxylic acids is 1. The summed E-state index contributed by atoms with van der Waals surface area (Å²) in [6.45, 7) is 7.10. The molecule has 0 spiro atoms. The molecule has 0 unspecified atom stereocenters. The number of rotatable bonds is 6. The molecular weight excluding hydrogens is 238 g/mol. The third-order valence-electron chi connectivity index (χ3n) is 2.28. The van der Waals surface area contributed by atoms with Crippen LogP contribution >= 0.6 is 0 Å². The van der Waals surface area contributed by atoms with Crippen LogP contribution in [0.15, 0.2) is 0 Å². The molecule has 0 bridgehead atoms. The molecule has 0 aliphatic rings. The number of carbonyl (C=O) groups is 3. The molecule has 6 nitrogen and oxygen atoms in total. The van der Waals surface area contributed by atoms with Crippen LogP contribution in [0.3, 0.4) is 0 Å². The highest BCUT2D eigenvalue weighted by Crippen LogP contribution is 2.19. The second-order valence-electron chi connectivity index (χ2n) is 5.01. The minimum atomic E-state index is -1.09. The lowest BCUT2D eigenvalue weighted by atomic mass is 9.86. The van der Waals surface area contributed by atoms with Gasteiger partial charge >= 0.3 is 11.9 Å². The van der Waals surface area contributed by atoms with Crippen molar-refractivity contribution >= 4 is 17.8 Å². The van der Waals surface area contributed by atoms with Crippen LogP contribution in [0.4, 0.5) is 0 Å². The maximum absolute atomic E-state index is 11.5. The van der Waals surface area contributed by atoms with Gasteiger partial charge in [0.15, 0.2) is 0 Å². The largest absolute Gasteiger partial charge is 0.480 e. The second-order valence-corrected chi connectivity index (χ2v) is 5.01. The van der Waals surface area contributed by atoms with E-state index in [2.05, 4.69) is 10.1 Å². The Morgan fingerprint density at radius 2 is 1.78 bits per heavy atom. The Morgan fingerprint density at radius 1 is 1.22 bits per heavy atom. The van der Waals surface area contributed by atoms with E-state index >= 15 is 0 Å². The predicted molar refractivity (Wildman–Crippen MR) is 64.9 cm³/mol. The summed E-state index contributed by atoms with van der Waals surface area (Å²) in [5.74, 6) is -2.02. The van der Waals surface area contributed by atoms with Gasteiger partial charge in [0.05, 0.1) is 13.0 Å². The standard InChI is InChI=1S/C12H21NO5/c1-5-18-9(15)7-6-8(14)13-10(11(16)17)12(2,3)4/h10H,5-7H2,1-4H3,(H,13,14)(H,16,17)/t10-/m0/s1. The molecule has 0 radical (unpaired) electrons. The Labute approximate surface area is 107 Å². The molecule has 0 saturated heterocycles. The van der Waals surface area contributed by atoms with Crippen molar-refractivity contribution in [2.24, 2.45) is 5.41 Å². The van der Waals surface area contributed by atoms with Crippen molar-refractivity contribution in [3.05, 3.63) is 0 Å². The molecule has 0 saturated carbocycles. The quantitative estimate of drug-likeness (QED) is 0.693. The Bertz CT molecular complexity index is 319. The average molecular weight is 259 g/mol. The van der Waals surface area contributed by atoms with Crippen LogP contribution in [0.2, 0.25) is 0 Å². The number of amides is 1. The van der Waals surface area contributed by atoms with E-state index in [1.54, 1.807) is 27.7 Å². The van der Waals surface area contributed by atoms with Crippen molar-refractivity contribution in [1.82, 2.24) is 5.32 Å². The second kappa shape index (κ2) is 6.98. The van der Waals surface area contributed by atoms with Crippen LogP contribution in [0.25, 0.3) is 0 Å². The van der Waals surface area contributed by atoms with Gasteiger partial charge in [0.2, 0.25) is 5.91 Å². The summed E-state index contributed by atoms with van der Waals surface area (Å²) in [5, 5.41) is 11.4. The van der Waals surface area contributed by atoms with Gasteiger partial charge in [-0.3, -0.25) is 9.59 Å². The molecule has 0 rings (SSSR count). The molecule has 0 aromatic heterocycles. The fourth-order valence-electron chi connectivity index (χ4n) is 1.33. The van der Waals surface area contributed by atoms with Crippen LogP contribution in [-0.2, 0) is 19.1 Å². The number of carboxylic acid groups (broad SMARTS) is 1. The lowest BCUT2D eigenvalue weighted by molar-refractivity contribution is -0.146. The third-order valence-corrected chi connectivity index (χ3v) is 2.28. The fraction of sp³-hybridized carbons (Fsp3) is 0.750. The summed E-state index contributed by atoms with van der Waals surface area (Å²) in [6.07, 6.45) is -0.116. The fourth-order valence-corrected chi connectivity index (χ4v) is 1.33. The molecule has 1 amide bonds. The topological polar surface area (TPSA) is 92.7 Å².